The number of hydrogen-bond acceptors (Lipinski definition) is 5. The van der Waals surface area contributed by atoms with Gasteiger partial charge in [-0.05, 0) is 31.0 Å². The van der Waals surface area contributed by atoms with E-state index in [9.17, 15) is 13.2 Å². The lowest BCUT2D eigenvalue weighted by Gasteiger charge is -2.15. The minimum Gasteiger partial charge on any atom is -0.492 e. The zero-order valence-corrected chi connectivity index (χ0v) is 11.9. The number of ether oxygens (including phenoxy) is 1. The molecule has 0 spiro atoms. The topological polar surface area (TPSA) is 130 Å². The summed E-state index contributed by atoms with van der Waals surface area (Å²) < 4.78 is 28.6. The van der Waals surface area contributed by atoms with Crippen LogP contribution in [0.5, 0.6) is 5.75 Å². The van der Waals surface area contributed by atoms with Crippen molar-refractivity contribution in [1.29, 1.82) is 5.26 Å². The van der Waals surface area contributed by atoms with Crippen LogP contribution < -0.4 is 9.88 Å². The van der Waals surface area contributed by atoms with E-state index in [4.69, 9.17) is 20.2 Å². The van der Waals surface area contributed by atoms with Crippen LogP contribution in [0.25, 0.3) is 0 Å². The molecular weight excluding hydrogens is 296 g/mol. The SMILES string of the molecule is N#CCC1(COc2ccc(C(=O)O)cc2S(N)(=O)=O)CC1. The summed E-state index contributed by atoms with van der Waals surface area (Å²) in [6.07, 6.45) is 2.03. The average Bonchev–Trinajstić information content (AvgIpc) is 3.16. The van der Waals surface area contributed by atoms with Gasteiger partial charge in [0.15, 0.2) is 0 Å². The maximum Gasteiger partial charge on any atom is 0.335 e. The molecule has 8 heteroatoms. The summed E-state index contributed by atoms with van der Waals surface area (Å²) in [5, 5.41) is 22.7. The molecule has 0 aliphatic heterocycles. The maximum atomic E-state index is 11.5. The number of sulfonamides is 1. The molecule has 1 fully saturated rings. The largest absolute Gasteiger partial charge is 0.492 e. The Kier molecular flexibility index (Phi) is 3.89. The second kappa shape index (κ2) is 5.35. The number of hydrogen-bond donors (Lipinski definition) is 2. The lowest BCUT2D eigenvalue weighted by molar-refractivity contribution is 0.0696. The summed E-state index contributed by atoms with van der Waals surface area (Å²) in [5.74, 6) is -1.25. The molecule has 1 aliphatic rings. The molecule has 0 heterocycles. The number of nitrogens with two attached hydrogens (primary N) is 1. The lowest BCUT2D eigenvalue weighted by atomic mass is 10.1. The molecule has 0 aromatic heterocycles. The van der Waals surface area contributed by atoms with Crippen molar-refractivity contribution in [3.8, 4) is 11.8 Å². The number of nitrogens with zero attached hydrogens (tertiary/aromatic N) is 1. The van der Waals surface area contributed by atoms with Crippen molar-refractivity contribution >= 4 is 16.0 Å². The zero-order chi connectivity index (χ0) is 15.7. The third-order valence-corrected chi connectivity index (χ3v) is 4.37. The molecule has 0 saturated heterocycles. The van der Waals surface area contributed by atoms with Crippen LogP contribution >= 0.6 is 0 Å². The van der Waals surface area contributed by atoms with Gasteiger partial charge in [0.1, 0.15) is 10.6 Å². The monoisotopic (exact) mass is 310 g/mol. The highest BCUT2D eigenvalue weighted by atomic mass is 32.2. The fourth-order valence-electron chi connectivity index (χ4n) is 1.93. The van der Waals surface area contributed by atoms with Crippen molar-refractivity contribution in [1.82, 2.24) is 0 Å². The Bertz CT molecular complexity index is 717. The molecule has 0 atom stereocenters. The summed E-state index contributed by atoms with van der Waals surface area (Å²) in [4.78, 5) is 10.5. The summed E-state index contributed by atoms with van der Waals surface area (Å²) in [6, 6.07) is 5.56. The molecule has 3 N–H and O–H groups in total. The van der Waals surface area contributed by atoms with Gasteiger partial charge in [0.05, 0.1) is 18.2 Å². The predicted octanol–water partition coefficient (Wildman–Crippen LogP) is 1.10. The standard InChI is InChI=1S/C13H14N2O5S/c14-6-5-13(3-4-13)8-20-10-2-1-9(12(16)17)7-11(10)21(15,18)19/h1-2,7H,3-5,8H2,(H,16,17)(H2,15,18,19). The summed E-state index contributed by atoms with van der Waals surface area (Å²) in [6.45, 7) is 0.204. The Balaban J connectivity index is 2.27. The van der Waals surface area contributed by atoms with Crippen LogP contribution in [0.15, 0.2) is 23.1 Å². The van der Waals surface area contributed by atoms with Crippen LogP contribution in [-0.4, -0.2) is 26.1 Å². The quantitative estimate of drug-likeness (QED) is 0.809. The van der Waals surface area contributed by atoms with E-state index >= 15 is 0 Å². The molecule has 1 aromatic rings. The highest BCUT2D eigenvalue weighted by molar-refractivity contribution is 7.89. The van der Waals surface area contributed by atoms with Crippen molar-refractivity contribution in [2.75, 3.05) is 6.61 Å². The number of aromatic carboxylic acids is 1. The van der Waals surface area contributed by atoms with Gasteiger partial charge >= 0.3 is 5.97 Å². The molecule has 0 unspecified atom stereocenters. The Hall–Kier alpha value is -2.11. The second-order valence-corrected chi connectivity index (χ2v) is 6.67. The molecule has 2 rings (SSSR count). The highest BCUT2D eigenvalue weighted by Gasteiger charge is 2.43. The van der Waals surface area contributed by atoms with E-state index in [0.717, 1.165) is 18.9 Å². The smallest absolute Gasteiger partial charge is 0.335 e. The van der Waals surface area contributed by atoms with Crippen LogP contribution in [0.3, 0.4) is 0 Å². The number of carbonyl (C=O) groups is 1. The van der Waals surface area contributed by atoms with Crippen molar-refractivity contribution in [2.24, 2.45) is 10.6 Å². The molecular formula is C13H14N2O5S. The molecule has 0 radical (unpaired) electrons. The molecule has 0 amide bonds. The van der Waals surface area contributed by atoms with Gasteiger partial charge in [-0.15, -0.1) is 0 Å². The number of primary sulfonamides is 1. The first-order chi connectivity index (χ1) is 9.77. The minimum atomic E-state index is -4.10. The van der Waals surface area contributed by atoms with Crippen molar-refractivity contribution in [2.45, 2.75) is 24.2 Å². The van der Waals surface area contributed by atoms with Crippen LogP contribution in [-0.2, 0) is 10.0 Å². The molecule has 1 saturated carbocycles. The van der Waals surface area contributed by atoms with E-state index in [1.807, 2.05) is 0 Å². The fraction of sp³-hybridized carbons (Fsp3) is 0.385. The Morgan fingerprint density at radius 3 is 2.62 bits per heavy atom. The zero-order valence-electron chi connectivity index (χ0n) is 11.1. The Morgan fingerprint density at radius 2 is 2.14 bits per heavy atom. The minimum absolute atomic E-state index is 0.00622. The molecule has 0 bridgehead atoms. The predicted molar refractivity (Wildman–Crippen MR) is 72.2 cm³/mol. The van der Waals surface area contributed by atoms with Gasteiger partial charge in [-0.25, -0.2) is 18.4 Å². The van der Waals surface area contributed by atoms with Gasteiger partial charge in [0.25, 0.3) is 0 Å². The van der Waals surface area contributed by atoms with Gasteiger partial charge in [-0.2, -0.15) is 5.26 Å². The van der Waals surface area contributed by atoms with E-state index in [2.05, 4.69) is 6.07 Å². The van der Waals surface area contributed by atoms with Crippen LogP contribution in [0.2, 0.25) is 0 Å². The van der Waals surface area contributed by atoms with Crippen LogP contribution in [0, 0.1) is 16.7 Å². The Labute approximate surface area is 122 Å². The summed E-state index contributed by atoms with van der Waals surface area (Å²) >= 11 is 0. The number of benzene rings is 1. The number of nitriles is 1. The number of rotatable bonds is 6. The van der Waals surface area contributed by atoms with Crippen molar-refractivity contribution < 1.29 is 23.1 Å². The number of carboxylic acid groups (broad SMARTS) is 1. The van der Waals surface area contributed by atoms with Gasteiger partial charge in [0, 0.05) is 11.8 Å². The first-order valence-corrected chi connectivity index (χ1v) is 7.72. The first-order valence-electron chi connectivity index (χ1n) is 6.17. The van der Waals surface area contributed by atoms with Gasteiger partial charge in [-0.1, -0.05) is 0 Å². The number of carboxylic acids is 1. The van der Waals surface area contributed by atoms with Crippen molar-refractivity contribution in [3.63, 3.8) is 0 Å². The van der Waals surface area contributed by atoms with E-state index in [1.165, 1.54) is 12.1 Å². The van der Waals surface area contributed by atoms with E-state index in [-0.39, 0.29) is 28.2 Å². The Morgan fingerprint density at radius 1 is 1.48 bits per heavy atom. The van der Waals surface area contributed by atoms with E-state index in [0.29, 0.717) is 6.42 Å². The molecule has 7 nitrogen and oxygen atoms in total. The second-order valence-electron chi connectivity index (χ2n) is 5.14. The van der Waals surface area contributed by atoms with E-state index in [1.54, 1.807) is 0 Å². The van der Waals surface area contributed by atoms with Crippen molar-refractivity contribution in [3.05, 3.63) is 23.8 Å². The van der Waals surface area contributed by atoms with Gasteiger partial charge in [0.2, 0.25) is 10.0 Å². The fourth-order valence-corrected chi connectivity index (χ4v) is 2.63. The van der Waals surface area contributed by atoms with Gasteiger partial charge in [-0.3, -0.25) is 0 Å². The van der Waals surface area contributed by atoms with Crippen LogP contribution in [0.1, 0.15) is 29.6 Å². The lowest BCUT2D eigenvalue weighted by Crippen LogP contribution is -2.18. The van der Waals surface area contributed by atoms with Gasteiger partial charge < -0.3 is 9.84 Å². The summed E-state index contributed by atoms with van der Waals surface area (Å²) in [7, 11) is -4.10. The normalized spacial score (nSPS) is 16.0. The maximum absolute atomic E-state index is 11.5. The molecule has 112 valence electrons. The van der Waals surface area contributed by atoms with Crippen LogP contribution in [0.4, 0.5) is 0 Å². The van der Waals surface area contributed by atoms with E-state index < -0.39 is 16.0 Å². The average molecular weight is 310 g/mol. The molecule has 1 aromatic carbocycles. The highest BCUT2D eigenvalue weighted by Crippen LogP contribution is 2.48. The molecule has 21 heavy (non-hydrogen) atoms. The third-order valence-electron chi connectivity index (χ3n) is 3.44. The summed E-state index contributed by atoms with van der Waals surface area (Å²) in [5.41, 5.74) is -0.417. The first kappa shape index (κ1) is 15.3. The third kappa shape index (κ3) is 3.51. The molecule has 1 aliphatic carbocycles.